The first-order chi connectivity index (χ1) is 9.10. The third-order valence-electron chi connectivity index (χ3n) is 2.45. The Bertz CT molecular complexity index is 597. The van der Waals surface area contributed by atoms with Crippen LogP contribution in [0.1, 0.15) is 21.1 Å². The van der Waals surface area contributed by atoms with Gasteiger partial charge in [-0.05, 0) is 30.7 Å². The fourth-order valence-electron chi connectivity index (χ4n) is 1.53. The molecule has 5 N–H and O–H groups in total. The highest BCUT2D eigenvalue weighted by atomic mass is 32.2. The monoisotopic (exact) mass is 294 g/mol. The molecule has 0 atom stereocenters. The van der Waals surface area contributed by atoms with Gasteiger partial charge >= 0.3 is 0 Å². The Balaban J connectivity index is 2.02. The number of thioether (sulfide) groups is 1. The summed E-state index contributed by atoms with van der Waals surface area (Å²) in [6.45, 7) is 2.02. The molecule has 0 fully saturated rings. The van der Waals surface area contributed by atoms with Crippen molar-refractivity contribution >= 4 is 34.7 Å². The molecule has 0 unspecified atom stereocenters. The number of nitrogens with two attached hydrogens (primary N) is 2. The van der Waals surface area contributed by atoms with Gasteiger partial charge in [0.15, 0.2) is 5.01 Å². The van der Waals surface area contributed by atoms with Crippen LogP contribution in [0, 0.1) is 6.92 Å². The number of anilines is 1. The van der Waals surface area contributed by atoms with Crippen molar-refractivity contribution in [1.29, 1.82) is 0 Å². The Morgan fingerprint density at radius 1 is 1.53 bits per heavy atom. The number of benzene rings is 1. The van der Waals surface area contributed by atoms with Crippen LogP contribution < -0.4 is 17.0 Å². The van der Waals surface area contributed by atoms with E-state index in [0.717, 1.165) is 21.8 Å². The zero-order chi connectivity index (χ0) is 13.8. The van der Waals surface area contributed by atoms with Crippen molar-refractivity contribution in [2.75, 3.05) is 5.73 Å². The first-order valence-electron chi connectivity index (χ1n) is 5.54. The smallest absolute Gasteiger partial charge is 0.294 e. The lowest BCUT2D eigenvalue weighted by Crippen LogP contribution is -2.29. The van der Waals surface area contributed by atoms with E-state index < -0.39 is 0 Å². The minimum Gasteiger partial charge on any atom is -0.399 e. The summed E-state index contributed by atoms with van der Waals surface area (Å²) < 4.78 is 0. The summed E-state index contributed by atoms with van der Waals surface area (Å²) in [5.41, 5.74) is 10.5. The highest BCUT2D eigenvalue weighted by Crippen LogP contribution is 2.27. The summed E-state index contributed by atoms with van der Waals surface area (Å²) in [5, 5.41) is 2.25. The van der Waals surface area contributed by atoms with E-state index >= 15 is 0 Å². The molecule has 1 amide bonds. The molecule has 0 radical (unpaired) electrons. The molecule has 19 heavy (non-hydrogen) atoms. The summed E-state index contributed by atoms with van der Waals surface area (Å²) in [6, 6.07) is 5.82. The van der Waals surface area contributed by atoms with Gasteiger partial charge in [0.05, 0.1) is 5.69 Å². The third-order valence-corrected chi connectivity index (χ3v) is 4.55. The Morgan fingerprint density at radius 3 is 3.00 bits per heavy atom. The molecule has 0 saturated heterocycles. The van der Waals surface area contributed by atoms with Crippen LogP contribution in [0.4, 0.5) is 5.69 Å². The molecular formula is C12H14N4OS2. The summed E-state index contributed by atoms with van der Waals surface area (Å²) >= 11 is 2.95. The van der Waals surface area contributed by atoms with Gasteiger partial charge in [0.2, 0.25) is 0 Å². The maximum absolute atomic E-state index is 11.3. The molecule has 1 aromatic heterocycles. The maximum Gasteiger partial charge on any atom is 0.294 e. The van der Waals surface area contributed by atoms with Gasteiger partial charge in [-0.15, -0.1) is 23.1 Å². The molecule has 100 valence electrons. The van der Waals surface area contributed by atoms with Crippen LogP contribution >= 0.6 is 23.1 Å². The number of nitrogen functional groups attached to an aromatic ring is 2. The van der Waals surface area contributed by atoms with Crippen molar-refractivity contribution < 1.29 is 4.79 Å². The van der Waals surface area contributed by atoms with Gasteiger partial charge < -0.3 is 5.73 Å². The number of nitrogens with zero attached hydrogens (tertiary/aromatic N) is 1. The lowest BCUT2D eigenvalue weighted by molar-refractivity contribution is 0.0953. The van der Waals surface area contributed by atoms with E-state index in [9.17, 15) is 4.79 Å². The topological polar surface area (TPSA) is 94.0 Å². The molecule has 1 aromatic carbocycles. The summed E-state index contributed by atoms with van der Waals surface area (Å²) in [4.78, 5) is 16.7. The number of carbonyl (C=O) groups is 1. The van der Waals surface area contributed by atoms with E-state index in [2.05, 4.69) is 10.4 Å². The Kier molecular flexibility index (Phi) is 4.41. The van der Waals surface area contributed by atoms with Crippen molar-refractivity contribution in [2.45, 2.75) is 17.6 Å². The van der Waals surface area contributed by atoms with Gasteiger partial charge in [0, 0.05) is 21.7 Å². The number of amides is 1. The Morgan fingerprint density at radius 2 is 2.32 bits per heavy atom. The van der Waals surface area contributed by atoms with Gasteiger partial charge in [-0.25, -0.2) is 10.8 Å². The molecule has 2 aromatic rings. The minimum absolute atomic E-state index is 0.357. The maximum atomic E-state index is 11.3. The number of nitrogens with one attached hydrogen (secondary N) is 1. The minimum atomic E-state index is -0.357. The largest absolute Gasteiger partial charge is 0.399 e. The molecular weight excluding hydrogens is 280 g/mol. The number of aromatic nitrogens is 1. The van der Waals surface area contributed by atoms with Crippen LogP contribution in [0.15, 0.2) is 28.5 Å². The van der Waals surface area contributed by atoms with Gasteiger partial charge in [-0.1, -0.05) is 0 Å². The second-order valence-electron chi connectivity index (χ2n) is 3.93. The van der Waals surface area contributed by atoms with Crippen molar-refractivity contribution in [1.82, 2.24) is 10.4 Å². The summed E-state index contributed by atoms with van der Waals surface area (Å²) in [6.07, 6.45) is 0. The highest BCUT2D eigenvalue weighted by molar-refractivity contribution is 7.98. The predicted octanol–water partition coefficient (Wildman–Crippen LogP) is 1.93. The molecule has 0 spiro atoms. The van der Waals surface area contributed by atoms with E-state index in [0.29, 0.717) is 10.8 Å². The fourth-order valence-corrected chi connectivity index (χ4v) is 3.25. The highest BCUT2D eigenvalue weighted by Gasteiger charge is 2.10. The summed E-state index contributed by atoms with van der Waals surface area (Å²) in [7, 11) is 0. The molecule has 0 bridgehead atoms. The van der Waals surface area contributed by atoms with Crippen molar-refractivity contribution in [2.24, 2.45) is 5.84 Å². The molecule has 1 heterocycles. The lowest BCUT2D eigenvalue weighted by Gasteiger charge is -2.05. The number of carbonyl (C=O) groups excluding carboxylic acids is 1. The SMILES string of the molecule is Cc1cc(N)ccc1SCc1csc(C(=O)NN)n1. The first kappa shape index (κ1) is 13.9. The van der Waals surface area contributed by atoms with Crippen LogP contribution in [0.25, 0.3) is 0 Å². The normalized spacial score (nSPS) is 10.4. The quantitative estimate of drug-likeness (QED) is 0.263. The van der Waals surface area contributed by atoms with Gasteiger partial charge in [-0.3, -0.25) is 10.2 Å². The van der Waals surface area contributed by atoms with E-state index in [1.54, 1.807) is 11.8 Å². The Labute approximate surface area is 119 Å². The molecule has 0 aliphatic carbocycles. The number of hydrogen-bond acceptors (Lipinski definition) is 6. The van der Waals surface area contributed by atoms with Gasteiger partial charge in [0.1, 0.15) is 0 Å². The standard InChI is InChI=1S/C12H14N4OS2/c1-7-4-8(13)2-3-10(7)18-5-9-6-19-12(15-9)11(17)16-14/h2-4,6H,5,13-14H2,1H3,(H,16,17). The molecule has 0 aliphatic rings. The van der Waals surface area contributed by atoms with Crippen LogP contribution in [0.2, 0.25) is 0 Å². The summed E-state index contributed by atoms with van der Waals surface area (Å²) in [5.74, 6) is 5.41. The number of thiazole rings is 1. The van der Waals surface area contributed by atoms with E-state index in [-0.39, 0.29) is 5.91 Å². The molecule has 2 rings (SSSR count). The van der Waals surface area contributed by atoms with Crippen molar-refractivity contribution in [3.8, 4) is 0 Å². The average Bonchev–Trinajstić information content (AvgIpc) is 2.85. The van der Waals surface area contributed by atoms with Gasteiger partial charge in [-0.2, -0.15) is 0 Å². The fraction of sp³-hybridized carbons (Fsp3) is 0.167. The van der Waals surface area contributed by atoms with E-state index in [1.165, 1.54) is 11.3 Å². The predicted molar refractivity (Wildman–Crippen MR) is 78.9 cm³/mol. The molecule has 7 heteroatoms. The van der Waals surface area contributed by atoms with Crippen molar-refractivity contribution in [3.63, 3.8) is 0 Å². The van der Waals surface area contributed by atoms with E-state index in [1.807, 2.05) is 30.5 Å². The number of aryl methyl sites for hydroxylation is 1. The second-order valence-corrected chi connectivity index (χ2v) is 5.81. The van der Waals surface area contributed by atoms with Crippen LogP contribution in [-0.4, -0.2) is 10.9 Å². The van der Waals surface area contributed by atoms with Crippen LogP contribution in [0.5, 0.6) is 0 Å². The zero-order valence-electron chi connectivity index (χ0n) is 10.3. The molecule has 5 nitrogen and oxygen atoms in total. The van der Waals surface area contributed by atoms with Gasteiger partial charge in [0.25, 0.3) is 5.91 Å². The number of rotatable bonds is 4. The number of hydrazine groups is 1. The lowest BCUT2D eigenvalue weighted by atomic mass is 10.2. The molecule has 0 saturated carbocycles. The van der Waals surface area contributed by atoms with E-state index in [4.69, 9.17) is 11.6 Å². The molecule has 0 aliphatic heterocycles. The van der Waals surface area contributed by atoms with Crippen LogP contribution in [-0.2, 0) is 5.75 Å². The Hall–Kier alpha value is -1.57. The second kappa shape index (κ2) is 6.05. The van der Waals surface area contributed by atoms with Crippen LogP contribution in [0.3, 0.4) is 0 Å². The average molecular weight is 294 g/mol. The van der Waals surface area contributed by atoms with Crippen molar-refractivity contribution in [3.05, 3.63) is 39.8 Å². The third kappa shape index (κ3) is 3.46. The number of hydrogen-bond donors (Lipinski definition) is 3. The zero-order valence-corrected chi connectivity index (χ0v) is 12.0. The first-order valence-corrected chi connectivity index (χ1v) is 7.41.